The van der Waals surface area contributed by atoms with E-state index in [1.165, 1.54) is 6.33 Å². The normalized spacial score (nSPS) is 10.4. The fourth-order valence-electron chi connectivity index (χ4n) is 1.02. The molecule has 1 aromatic rings. The minimum Gasteiger partial charge on any atom is -0.477 e. The second kappa shape index (κ2) is 6.50. The third kappa shape index (κ3) is 4.88. The first-order valence-electron chi connectivity index (χ1n) is 4.92. The average molecular weight is 227 g/mol. The molecule has 0 aliphatic heterocycles. The van der Waals surface area contributed by atoms with Gasteiger partial charge in [-0.15, -0.1) is 0 Å². The van der Waals surface area contributed by atoms with Gasteiger partial charge in [0.25, 0.3) is 0 Å². The van der Waals surface area contributed by atoms with Crippen molar-refractivity contribution in [3.8, 4) is 5.88 Å². The molecule has 0 radical (unpaired) electrons. The van der Waals surface area contributed by atoms with Crippen LogP contribution < -0.4 is 10.1 Å². The molecule has 1 aromatic heterocycles. The molecule has 0 spiro atoms. The average Bonchev–Trinajstić information content (AvgIpc) is 2.18. The lowest BCUT2D eigenvalue weighted by molar-refractivity contribution is 0.330. The monoisotopic (exact) mass is 227 g/mol. The van der Waals surface area contributed by atoms with Crippen molar-refractivity contribution < 1.29 is 4.74 Å². The van der Waals surface area contributed by atoms with Crippen molar-refractivity contribution in [2.24, 2.45) is 0 Å². The highest BCUT2D eigenvalue weighted by atomic mass is 32.2. The van der Waals surface area contributed by atoms with E-state index in [-0.39, 0.29) is 0 Å². The molecule has 0 aromatic carbocycles. The molecule has 0 unspecified atom stereocenters. The van der Waals surface area contributed by atoms with Crippen molar-refractivity contribution in [2.45, 2.75) is 19.9 Å². The van der Waals surface area contributed by atoms with Crippen LogP contribution in [0, 0.1) is 0 Å². The van der Waals surface area contributed by atoms with E-state index in [0.717, 1.165) is 11.6 Å². The second-order valence-electron chi connectivity index (χ2n) is 3.38. The van der Waals surface area contributed by atoms with E-state index < -0.39 is 0 Å². The first-order valence-corrected chi connectivity index (χ1v) is 6.32. The number of nitrogens with one attached hydrogen (secondary N) is 1. The van der Waals surface area contributed by atoms with Gasteiger partial charge in [-0.25, -0.2) is 9.97 Å². The Kier molecular flexibility index (Phi) is 5.25. The summed E-state index contributed by atoms with van der Waals surface area (Å²) in [5.41, 5.74) is 0. The lowest BCUT2D eigenvalue weighted by Gasteiger charge is -2.09. The van der Waals surface area contributed by atoms with Gasteiger partial charge in [0.1, 0.15) is 12.1 Å². The molecule has 1 rings (SSSR count). The highest BCUT2D eigenvalue weighted by Gasteiger charge is 2.00. The minimum absolute atomic E-state index is 0.360. The number of rotatable bonds is 6. The molecule has 84 valence electrons. The van der Waals surface area contributed by atoms with Crippen molar-refractivity contribution in [1.29, 1.82) is 0 Å². The zero-order valence-electron chi connectivity index (χ0n) is 9.36. The number of thioether (sulfide) groups is 1. The SMILES string of the molecule is CSCCOc1cc(NC(C)C)ncn1. The summed E-state index contributed by atoms with van der Waals surface area (Å²) in [6.45, 7) is 4.81. The zero-order valence-corrected chi connectivity index (χ0v) is 10.2. The summed E-state index contributed by atoms with van der Waals surface area (Å²) in [5, 5.41) is 3.20. The fourth-order valence-corrected chi connectivity index (χ4v) is 1.27. The Bertz CT molecular complexity index is 294. The van der Waals surface area contributed by atoms with Crippen LogP contribution in [0.15, 0.2) is 12.4 Å². The fraction of sp³-hybridized carbons (Fsp3) is 0.600. The predicted octanol–water partition coefficient (Wildman–Crippen LogP) is 2.04. The van der Waals surface area contributed by atoms with Gasteiger partial charge in [0, 0.05) is 17.9 Å². The number of anilines is 1. The van der Waals surface area contributed by atoms with E-state index in [0.29, 0.717) is 18.5 Å². The van der Waals surface area contributed by atoms with Crippen LogP contribution in [0.3, 0.4) is 0 Å². The van der Waals surface area contributed by atoms with Crippen LogP contribution in [0.2, 0.25) is 0 Å². The molecule has 1 N–H and O–H groups in total. The van der Waals surface area contributed by atoms with Gasteiger partial charge in [-0.2, -0.15) is 11.8 Å². The Morgan fingerprint density at radius 3 is 2.93 bits per heavy atom. The van der Waals surface area contributed by atoms with E-state index in [1.807, 2.05) is 6.07 Å². The Labute approximate surface area is 94.8 Å². The second-order valence-corrected chi connectivity index (χ2v) is 4.37. The number of ether oxygens (including phenoxy) is 1. The van der Waals surface area contributed by atoms with E-state index in [4.69, 9.17) is 4.74 Å². The van der Waals surface area contributed by atoms with Gasteiger partial charge in [-0.3, -0.25) is 0 Å². The summed E-state index contributed by atoms with van der Waals surface area (Å²) in [5.74, 6) is 2.40. The van der Waals surface area contributed by atoms with Crippen LogP contribution in [0.4, 0.5) is 5.82 Å². The van der Waals surface area contributed by atoms with Crippen molar-refractivity contribution in [3.63, 3.8) is 0 Å². The third-order valence-electron chi connectivity index (χ3n) is 1.62. The van der Waals surface area contributed by atoms with Crippen LogP contribution in [-0.2, 0) is 0 Å². The van der Waals surface area contributed by atoms with Gasteiger partial charge in [-0.05, 0) is 20.1 Å². The Morgan fingerprint density at radius 2 is 2.27 bits per heavy atom. The van der Waals surface area contributed by atoms with Crippen molar-refractivity contribution >= 4 is 17.6 Å². The Morgan fingerprint density at radius 1 is 1.47 bits per heavy atom. The van der Waals surface area contributed by atoms with Gasteiger partial charge in [0.05, 0.1) is 6.61 Å². The summed E-state index contributed by atoms with van der Waals surface area (Å²) in [4.78, 5) is 8.14. The first-order chi connectivity index (χ1) is 7.22. The molecule has 0 aliphatic carbocycles. The largest absolute Gasteiger partial charge is 0.477 e. The maximum absolute atomic E-state index is 5.46. The molecule has 15 heavy (non-hydrogen) atoms. The molecular weight excluding hydrogens is 210 g/mol. The molecule has 0 fully saturated rings. The van der Waals surface area contributed by atoms with E-state index in [2.05, 4.69) is 35.4 Å². The van der Waals surface area contributed by atoms with Crippen molar-refractivity contribution in [1.82, 2.24) is 9.97 Å². The number of hydrogen-bond acceptors (Lipinski definition) is 5. The minimum atomic E-state index is 0.360. The number of hydrogen-bond donors (Lipinski definition) is 1. The smallest absolute Gasteiger partial charge is 0.218 e. The predicted molar refractivity (Wildman–Crippen MR) is 64.7 cm³/mol. The topological polar surface area (TPSA) is 47.0 Å². The van der Waals surface area contributed by atoms with Crippen LogP contribution in [-0.4, -0.2) is 34.6 Å². The van der Waals surface area contributed by atoms with Gasteiger partial charge < -0.3 is 10.1 Å². The number of aromatic nitrogens is 2. The molecule has 0 amide bonds. The van der Waals surface area contributed by atoms with E-state index >= 15 is 0 Å². The standard InChI is InChI=1S/C10H17N3OS/c1-8(2)13-9-6-10(12-7-11-9)14-4-5-15-3/h6-8H,4-5H2,1-3H3,(H,11,12,13). The maximum Gasteiger partial charge on any atom is 0.218 e. The third-order valence-corrected chi connectivity index (χ3v) is 2.19. The van der Waals surface area contributed by atoms with Crippen LogP contribution in [0.25, 0.3) is 0 Å². The van der Waals surface area contributed by atoms with Crippen molar-refractivity contribution in [2.75, 3.05) is 23.9 Å². The number of nitrogens with zero attached hydrogens (tertiary/aromatic N) is 2. The Balaban J connectivity index is 2.50. The van der Waals surface area contributed by atoms with Crippen LogP contribution >= 0.6 is 11.8 Å². The lowest BCUT2D eigenvalue weighted by Crippen LogP contribution is -2.11. The van der Waals surface area contributed by atoms with Gasteiger partial charge in [-0.1, -0.05) is 0 Å². The highest BCUT2D eigenvalue weighted by molar-refractivity contribution is 7.98. The van der Waals surface area contributed by atoms with Crippen molar-refractivity contribution in [3.05, 3.63) is 12.4 Å². The van der Waals surface area contributed by atoms with Crippen LogP contribution in [0.1, 0.15) is 13.8 Å². The molecule has 4 nitrogen and oxygen atoms in total. The Hall–Kier alpha value is -0.970. The van der Waals surface area contributed by atoms with Crippen LogP contribution in [0.5, 0.6) is 5.88 Å². The zero-order chi connectivity index (χ0) is 11.1. The molecule has 0 bridgehead atoms. The summed E-state index contributed by atoms with van der Waals surface area (Å²) >= 11 is 1.75. The molecule has 0 saturated heterocycles. The first kappa shape index (κ1) is 12.1. The quantitative estimate of drug-likeness (QED) is 0.754. The summed E-state index contributed by atoms with van der Waals surface area (Å²) in [6, 6.07) is 2.18. The van der Waals surface area contributed by atoms with Gasteiger partial charge >= 0.3 is 0 Å². The molecule has 5 heteroatoms. The van der Waals surface area contributed by atoms with E-state index in [1.54, 1.807) is 11.8 Å². The molecule has 0 saturated carbocycles. The maximum atomic E-state index is 5.46. The highest BCUT2D eigenvalue weighted by Crippen LogP contribution is 2.11. The lowest BCUT2D eigenvalue weighted by atomic mass is 10.4. The summed E-state index contributed by atoms with van der Waals surface area (Å²) < 4.78 is 5.46. The van der Waals surface area contributed by atoms with Gasteiger partial charge in [0.15, 0.2) is 0 Å². The summed E-state index contributed by atoms with van der Waals surface area (Å²) in [6.07, 6.45) is 3.56. The molecule has 0 atom stereocenters. The summed E-state index contributed by atoms with van der Waals surface area (Å²) in [7, 11) is 0. The molecule has 1 heterocycles. The molecule has 0 aliphatic rings. The molecular formula is C10H17N3OS. The van der Waals surface area contributed by atoms with Gasteiger partial charge in [0.2, 0.25) is 5.88 Å². The van der Waals surface area contributed by atoms with E-state index in [9.17, 15) is 0 Å².